The summed E-state index contributed by atoms with van der Waals surface area (Å²) in [6, 6.07) is 10.0. The van der Waals surface area contributed by atoms with Crippen LogP contribution in [0.25, 0.3) is 0 Å². The van der Waals surface area contributed by atoms with Crippen molar-refractivity contribution in [3.63, 3.8) is 0 Å². The SMILES string of the molecule is COC(=O)c1ccc(CCNS(=O)(=O)c2ccc(CNC(C)=O)s2)cc1. The molecule has 1 aromatic carbocycles. The summed E-state index contributed by atoms with van der Waals surface area (Å²) in [5, 5.41) is 2.63. The number of methoxy groups -OCH3 is 1. The van der Waals surface area contributed by atoms with Gasteiger partial charge >= 0.3 is 5.97 Å². The molecule has 0 aliphatic rings. The van der Waals surface area contributed by atoms with Gasteiger partial charge in [0, 0.05) is 18.3 Å². The lowest BCUT2D eigenvalue weighted by atomic mass is 10.1. The normalized spacial score (nSPS) is 11.2. The maximum absolute atomic E-state index is 12.3. The first kappa shape index (κ1) is 20.1. The predicted molar refractivity (Wildman–Crippen MR) is 98.5 cm³/mol. The minimum atomic E-state index is -3.59. The summed E-state index contributed by atoms with van der Waals surface area (Å²) < 4.78 is 32.0. The summed E-state index contributed by atoms with van der Waals surface area (Å²) in [6.45, 7) is 1.95. The van der Waals surface area contributed by atoms with Gasteiger partial charge in [0.15, 0.2) is 0 Å². The number of carbonyl (C=O) groups excluding carboxylic acids is 2. The van der Waals surface area contributed by atoms with Crippen molar-refractivity contribution in [3.05, 3.63) is 52.4 Å². The fourth-order valence-corrected chi connectivity index (χ4v) is 4.51. The van der Waals surface area contributed by atoms with Gasteiger partial charge in [-0.25, -0.2) is 17.9 Å². The standard InChI is InChI=1S/C17H20N2O5S2/c1-12(20)18-11-15-7-8-16(25-15)26(22,23)19-10-9-13-3-5-14(6-4-13)17(21)24-2/h3-8,19H,9-11H2,1-2H3,(H,18,20). The molecule has 0 saturated heterocycles. The zero-order valence-electron chi connectivity index (χ0n) is 14.4. The van der Waals surface area contributed by atoms with Gasteiger partial charge in [-0.2, -0.15) is 0 Å². The zero-order valence-corrected chi connectivity index (χ0v) is 16.1. The number of esters is 1. The fraction of sp³-hybridized carbons (Fsp3) is 0.294. The minimum Gasteiger partial charge on any atom is -0.465 e. The van der Waals surface area contributed by atoms with E-state index in [0.29, 0.717) is 18.5 Å². The van der Waals surface area contributed by atoms with Crippen LogP contribution in [0, 0.1) is 0 Å². The van der Waals surface area contributed by atoms with Crippen LogP contribution in [-0.2, 0) is 32.5 Å². The molecule has 1 aromatic heterocycles. The van der Waals surface area contributed by atoms with Gasteiger partial charge in [0.2, 0.25) is 15.9 Å². The summed E-state index contributed by atoms with van der Waals surface area (Å²) in [5.74, 6) is -0.579. The molecule has 0 saturated carbocycles. The van der Waals surface area contributed by atoms with Crippen LogP contribution in [0.4, 0.5) is 0 Å². The third kappa shape index (κ3) is 5.65. The van der Waals surface area contributed by atoms with Crippen LogP contribution in [0.1, 0.15) is 27.7 Å². The summed E-state index contributed by atoms with van der Waals surface area (Å²) in [6.07, 6.45) is 0.491. The molecule has 0 bridgehead atoms. The molecular formula is C17H20N2O5S2. The Morgan fingerprint density at radius 1 is 1.12 bits per heavy atom. The molecule has 1 heterocycles. The summed E-state index contributed by atoms with van der Waals surface area (Å²) in [7, 11) is -2.28. The maximum Gasteiger partial charge on any atom is 0.337 e. The van der Waals surface area contributed by atoms with E-state index in [2.05, 4.69) is 14.8 Å². The van der Waals surface area contributed by atoms with Crippen molar-refractivity contribution in [1.29, 1.82) is 0 Å². The highest BCUT2D eigenvalue weighted by Gasteiger charge is 2.16. The van der Waals surface area contributed by atoms with E-state index >= 15 is 0 Å². The number of amides is 1. The molecule has 0 spiro atoms. The predicted octanol–water partition coefficient (Wildman–Crippen LogP) is 1.69. The Morgan fingerprint density at radius 2 is 1.81 bits per heavy atom. The average molecular weight is 396 g/mol. The third-order valence-electron chi connectivity index (χ3n) is 3.49. The molecule has 2 N–H and O–H groups in total. The molecule has 0 unspecified atom stereocenters. The van der Waals surface area contributed by atoms with E-state index in [1.165, 1.54) is 20.1 Å². The second kappa shape index (κ2) is 8.93. The molecule has 0 radical (unpaired) electrons. The Balaban J connectivity index is 1.90. The number of nitrogens with one attached hydrogen (secondary N) is 2. The monoisotopic (exact) mass is 396 g/mol. The topological polar surface area (TPSA) is 102 Å². The Labute approximate surface area is 156 Å². The number of thiophene rings is 1. The van der Waals surface area contributed by atoms with Gasteiger partial charge in [0.05, 0.1) is 19.2 Å². The Bertz CT molecular complexity index is 873. The van der Waals surface area contributed by atoms with Crippen molar-refractivity contribution in [2.75, 3.05) is 13.7 Å². The lowest BCUT2D eigenvalue weighted by molar-refractivity contribution is -0.119. The van der Waals surface area contributed by atoms with Gasteiger partial charge in [-0.3, -0.25) is 4.79 Å². The van der Waals surface area contributed by atoms with Crippen molar-refractivity contribution < 1.29 is 22.7 Å². The molecule has 0 aliphatic heterocycles. The van der Waals surface area contributed by atoms with Gasteiger partial charge in [0.25, 0.3) is 0 Å². The number of rotatable bonds is 8. The lowest BCUT2D eigenvalue weighted by Gasteiger charge is -2.06. The van der Waals surface area contributed by atoms with Gasteiger partial charge in [0.1, 0.15) is 4.21 Å². The molecule has 9 heteroatoms. The van der Waals surface area contributed by atoms with E-state index in [-0.39, 0.29) is 16.7 Å². The van der Waals surface area contributed by atoms with Crippen molar-refractivity contribution in [2.24, 2.45) is 0 Å². The van der Waals surface area contributed by atoms with Crippen LogP contribution in [0.3, 0.4) is 0 Å². The number of carbonyl (C=O) groups is 2. The molecule has 0 fully saturated rings. The van der Waals surface area contributed by atoms with E-state index in [1.807, 2.05) is 0 Å². The number of hydrogen-bond acceptors (Lipinski definition) is 6. The first-order valence-electron chi connectivity index (χ1n) is 7.82. The molecule has 0 aliphatic carbocycles. The van der Waals surface area contributed by atoms with Gasteiger partial charge in [-0.05, 0) is 36.2 Å². The molecule has 0 atom stereocenters. The van der Waals surface area contributed by atoms with Crippen molar-refractivity contribution >= 4 is 33.2 Å². The van der Waals surface area contributed by atoms with Crippen molar-refractivity contribution in [2.45, 2.75) is 24.1 Å². The number of ether oxygens (including phenoxy) is 1. The Hall–Kier alpha value is -2.23. The zero-order chi connectivity index (χ0) is 19.2. The van der Waals surface area contributed by atoms with Crippen molar-refractivity contribution in [3.8, 4) is 0 Å². The molecule has 2 rings (SSSR count). The third-order valence-corrected chi connectivity index (χ3v) is 6.53. The molecule has 2 aromatic rings. The van der Waals surface area contributed by atoms with E-state index in [0.717, 1.165) is 21.8 Å². The van der Waals surface area contributed by atoms with Crippen LogP contribution < -0.4 is 10.0 Å². The highest BCUT2D eigenvalue weighted by molar-refractivity contribution is 7.91. The van der Waals surface area contributed by atoms with Gasteiger partial charge in [-0.1, -0.05) is 12.1 Å². The lowest BCUT2D eigenvalue weighted by Crippen LogP contribution is -2.25. The van der Waals surface area contributed by atoms with Crippen LogP contribution in [0.15, 0.2) is 40.6 Å². The quantitative estimate of drug-likeness (QED) is 0.661. The smallest absolute Gasteiger partial charge is 0.337 e. The highest BCUT2D eigenvalue weighted by Crippen LogP contribution is 2.21. The van der Waals surface area contributed by atoms with Gasteiger partial charge in [-0.15, -0.1) is 11.3 Å². The van der Waals surface area contributed by atoms with E-state index < -0.39 is 16.0 Å². The summed E-state index contributed by atoms with van der Waals surface area (Å²) in [5.41, 5.74) is 1.35. The molecule has 140 valence electrons. The van der Waals surface area contributed by atoms with Crippen LogP contribution >= 0.6 is 11.3 Å². The average Bonchev–Trinajstić information content (AvgIpc) is 3.10. The van der Waals surface area contributed by atoms with Crippen molar-refractivity contribution in [1.82, 2.24) is 10.0 Å². The number of hydrogen-bond donors (Lipinski definition) is 2. The second-order valence-electron chi connectivity index (χ2n) is 5.47. The highest BCUT2D eigenvalue weighted by atomic mass is 32.2. The molecule has 1 amide bonds. The summed E-state index contributed by atoms with van der Waals surface area (Å²) >= 11 is 1.12. The largest absolute Gasteiger partial charge is 0.465 e. The molecule has 26 heavy (non-hydrogen) atoms. The molecular weight excluding hydrogens is 376 g/mol. The van der Waals surface area contributed by atoms with Crippen LogP contribution in [-0.4, -0.2) is 33.9 Å². The Morgan fingerprint density at radius 3 is 2.42 bits per heavy atom. The fourth-order valence-electron chi connectivity index (χ4n) is 2.14. The first-order chi connectivity index (χ1) is 12.3. The molecule has 7 nitrogen and oxygen atoms in total. The van der Waals surface area contributed by atoms with Crippen LogP contribution in [0.5, 0.6) is 0 Å². The summed E-state index contributed by atoms with van der Waals surface area (Å²) in [4.78, 5) is 23.0. The Kier molecular flexibility index (Phi) is 6.90. The second-order valence-corrected chi connectivity index (χ2v) is 8.63. The minimum absolute atomic E-state index is 0.167. The maximum atomic E-state index is 12.3. The van der Waals surface area contributed by atoms with Gasteiger partial charge < -0.3 is 10.1 Å². The van der Waals surface area contributed by atoms with E-state index in [1.54, 1.807) is 30.3 Å². The first-order valence-corrected chi connectivity index (χ1v) is 10.1. The number of sulfonamides is 1. The van der Waals surface area contributed by atoms with Crippen LogP contribution in [0.2, 0.25) is 0 Å². The number of benzene rings is 1. The van der Waals surface area contributed by atoms with E-state index in [4.69, 9.17) is 0 Å². The van der Waals surface area contributed by atoms with E-state index in [9.17, 15) is 18.0 Å².